The Bertz CT molecular complexity index is 1330. The summed E-state index contributed by atoms with van der Waals surface area (Å²) < 4.78 is 54.3. The number of sulfonamides is 2. The smallest absolute Gasteiger partial charge is 0.261 e. The van der Waals surface area contributed by atoms with Crippen LogP contribution in [0, 0.1) is 6.92 Å². The van der Waals surface area contributed by atoms with E-state index >= 15 is 0 Å². The molecule has 10 heteroatoms. The maximum absolute atomic E-state index is 12.5. The van der Waals surface area contributed by atoms with Crippen LogP contribution in [0.5, 0.6) is 0 Å². The van der Waals surface area contributed by atoms with Gasteiger partial charge in [0.05, 0.1) is 9.79 Å². The zero-order valence-electron chi connectivity index (χ0n) is 18.4. The molecule has 0 atom stereocenters. The lowest BCUT2D eigenvalue weighted by atomic mass is 10.2. The van der Waals surface area contributed by atoms with Crippen molar-refractivity contribution < 1.29 is 21.6 Å². The van der Waals surface area contributed by atoms with Gasteiger partial charge in [-0.2, -0.15) is 0 Å². The molecule has 0 bridgehead atoms. The van der Waals surface area contributed by atoms with Gasteiger partial charge in [-0.3, -0.25) is 9.52 Å². The molecule has 0 heterocycles. The Labute approximate surface area is 194 Å². The molecular weight excluding hydrogens is 462 g/mol. The third kappa shape index (κ3) is 6.41. The molecule has 0 unspecified atom stereocenters. The summed E-state index contributed by atoms with van der Waals surface area (Å²) >= 11 is 0. The van der Waals surface area contributed by atoms with E-state index in [0.29, 0.717) is 11.4 Å². The summed E-state index contributed by atoms with van der Waals surface area (Å²) in [5.41, 5.74) is 2.04. The SMILES string of the molecule is Cc1ccc(S(=O)(=O)Nc2ccc(NC(=O)c3ccc(S(=O)(=O)NC(C)C)cc3)cc2)cc1. The molecular formula is C23H25N3O5S2. The molecule has 0 aliphatic carbocycles. The van der Waals surface area contributed by atoms with Crippen LogP contribution >= 0.6 is 0 Å². The van der Waals surface area contributed by atoms with Crippen molar-refractivity contribution in [3.8, 4) is 0 Å². The highest BCUT2D eigenvalue weighted by atomic mass is 32.2. The van der Waals surface area contributed by atoms with Gasteiger partial charge in [0.15, 0.2) is 0 Å². The maximum atomic E-state index is 12.5. The maximum Gasteiger partial charge on any atom is 0.261 e. The predicted molar refractivity (Wildman–Crippen MR) is 128 cm³/mol. The van der Waals surface area contributed by atoms with Crippen LogP contribution in [0.3, 0.4) is 0 Å². The van der Waals surface area contributed by atoms with E-state index in [2.05, 4.69) is 14.8 Å². The van der Waals surface area contributed by atoms with E-state index < -0.39 is 26.0 Å². The van der Waals surface area contributed by atoms with Crippen LogP contribution in [0.2, 0.25) is 0 Å². The number of nitrogens with one attached hydrogen (secondary N) is 3. The molecule has 0 saturated heterocycles. The van der Waals surface area contributed by atoms with E-state index in [-0.39, 0.29) is 21.4 Å². The zero-order chi connectivity index (χ0) is 24.2. The lowest BCUT2D eigenvalue weighted by Gasteiger charge is -2.11. The summed E-state index contributed by atoms with van der Waals surface area (Å²) in [5.74, 6) is -0.427. The molecule has 0 fully saturated rings. The molecule has 8 nitrogen and oxygen atoms in total. The molecule has 3 rings (SSSR count). The number of benzene rings is 3. The van der Waals surface area contributed by atoms with Gasteiger partial charge in [0.2, 0.25) is 10.0 Å². The minimum atomic E-state index is -3.72. The summed E-state index contributed by atoms with van der Waals surface area (Å²) in [6.45, 7) is 5.31. The van der Waals surface area contributed by atoms with Crippen LogP contribution in [-0.4, -0.2) is 28.8 Å². The molecule has 1 amide bonds. The van der Waals surface area contributed by atoms with Crippen LogP contribution < -0.4 is 14.8 Å². The second kappa shape index (κ2) is 9.74. The van der Waals surface area contributed by atoms with Crippen LogP contribution in [0.25, 0.3) is 0 Å². The van der Waals surface area contributed by atoms with Gasteiger partial charge in [-0.1, -0.05) is 17.7 Å². The predicted octanol–water partition coefficient (Wildman–Crippen LogP) is 3.73. The van der Waals surface area contributed by atoms with Crippen molar-refractivity contribution in [2.24, 2.45) is 0 Å². The first-order valence-electron chi connectivity index (χ1n) is 10.1. The van der Waals surface area contributed by atoms with Gasteiger partial charge in [0, 0.05) is 23.0 Å². The molecule has 0 saturated carbocycles. The minimum Gasteiger partial charge on any atom is -0.322 e. The summed E-state index contributed by atoms with van der Waals surface area (Å²) in [6, 6.07) is 18.0. The Morgan fingerprint density at radius 1 is 0.697 bits per heavy atom. The van der Waals surface area contributed by atoms with Crippen molar-refractivity contribution in [1.82, 2.24) is 4.72 Å². The Balaban J connectivity index is 1.66. The monoisotopic (exact) mass is 487 g/mol. The average molecular weight is 488 g/mol. The van der Waals surface area contributed by atoms with Gasteiger partial charge in [-0.15, -0.1) is 0 Å². The molecule has 0 aliphatic rings. The van der Waals surface area contributed by atoms with Crippen molar-refractivity contribution >= 4 is 37.3 Å². The van der Waals surface area contributed by atoms with Gasteiger partial charge in [0.25, 0.3) is 15.9 Å². The molecule has 0 radical (unpaired) electrons. The fourth-order valence-electron chi connectivity index (χ4n) is 2.92. The first-order valence-corrected chi connectivity index (χ1v) is 13.1. The standard InChI is InChI=1S/C23H25N3O5S2/c1-16(2)25-32(28,29)22-14-6-18(7-15-22)23(27)24-19-8-10-20(11-9-19)26-33(30,31)21-12-4-17(3)5-13-21/h4-16,25-26H,1-3H3,(H,24,27). The van der Waals surface area contributed by atoms with E-state index in [1.807, 2.05) is 6.92 Å². The Morgan fingerprint density at radius 3 is 1.73 bits per heavy atom. The normalized spacial score (nSPS) is 11.9. The van der Waals surface area contributed by atoms with E-state index in [9.17, 15) is 21.6 Å². The lowest BCUT2D eigenvalue weighted by molar-refractivity contribution is 0.102. The number of rotatable bonds is 8. The minimum absolute atomic E-state index is 0.0676. The second-order valence-electron chi connectivity index (χ2n) is 7.75. The quantitative estimate of drug-likeness (QED) is 0.447. The largest absolute Gasteiger partial charge is 0.322 e. The molecule has 0 spiro atoms. The molecule has 33 heavy (non-hydrogen) atoms. The van der Waals surface area contributed by atoms with Crippen molar-refractivity contribution in [2.75, 3.05) is 10.0 Å². The van der Waals surface area contributed by atoms with Crippen LogP contribution in [0.1, 0.15) is 29.8 Å². The average Bonchev–Trinajstić information content (AvgIpc) is 2.74. The fraction of sp³-hybridized carbons (Fsp3) is 0.174. The third-order valence-corrected chi connectivity index (χ3v) is 7.62. The summed E-state index contributed by atoms with van der Waals surface area (Å²) in [4.78, 5) is 12.7. The second-order valence-corrected chi connectivity index (χ2v) is 11.1. The van der Waals surface area contributed by atoms with Gasteiger partial charge in [-0.25, -0.2) is 21.6 Å². The first kappa shape index (κ1) is 24.4. The fourth-order valence-corrected chi connectivity index (χ4v) is 5.23. The summed E-state index contributed by atoms with van der Waals surface area (Å²) in [6.07, 6.45) is 0. The van der Waals surface area contributed by atoms with Crippen molar-refractivity contribution in [1.29, 1.82) is 0 Å². The van der Waals surface area contributed by atoms with Gasteiger partial charge >= 0.3 is 0 Å². The van der Waals surface area contributed by atoms with Gasteiger partial charge < -0.3 is 5.32 Å². The molecule has 3 N–H and O–H groups in total. The first-order chi connectivity index (χ1) is 15.5. The molecule has 3 aromatic rings. The highest BCUT2D eigenvalue weighted by Gasteiger charge is 2.17. The zero-order valence-corrected chi connectivity index (χ0v) is 20.0. The van der Waals surface area contributed by atoms with E-state index in [4.69, 9.17) is 0 Å². The summed E-state index contributed by atoms with van der Waals surface area (Å²) in [7, 11) is -7.37. The molecule has 3 aromatic carbocycles. The van der Waals surface area contributed by atoms with Crippen LogP contribution in [-0.2, 0) is 20.0 Å². The van der Waals surface area contributed by atoms with E-state index in [1.54, 1.807) is 38.1 Å². The van der Waals surface area contributed by atoms with Gasteiger partial charge in [-0.05, 0) is 81.4 Å². The highest BCUT2D eigenvalue weighted by molar-refractivity contribution is 7.92. The number of hydrogen-bond acceptors (Lipinski definition) is 5. The van der Waals surface area contributed by atoms with Crippen LogP contribution in [0.15, 0.2) is 82.6 Å². The Morgan fingerprint density at radius 2 is 1.18 bits per heavy atom. The number of carbonyl (C=O) groups excluding carboxylic acids is 1. The molecule has 0 aromatic heterocycles. The van der Waals surface area contributed by atoms with Crippen molar-refractivity contribution in [3.63, 3.8) is 0 Å². The van der Waals surface area contributed by atoms with Gasteiger partial charge in [0.1, 0.15) is 0 Å². The number of aryl methyl sites for hydroxylation is 1. The third-order valence-electron chi connectivity index (χ3n) is 4.54. The number of hydrogen-bond donors (Lipinski definition) is 3. The molecule has 0 aliphatic heterocycles. The topological polar surface area (TPSA) is 121 Å². The van der Waals surface area contributed by atoms with E-state index in [1.165, 1.54) is 48.5 Å². The number of carbonyl (C=O) groups is 1. The lowest BCUT2D eigenvalue weighted by Crippen LogP contribution is -2.30. The van der Waals surface area contributed by atoms with Crippen molar-refractivity contribution in [3.05, 3.63) is 83.9 Å². The van der Waals surface area contributed by atoms with E-state index in [0.717, 1.165) is 5.56 Å². The highest BCUT2D eigenvalue weighted by Crippen LogP contribution is 2.20. The summed E-state index contributed by atoms with van der Waals surface area (Å²) in [5, 5.41) is 2.70. The van der Waals surface area contributed by atoms with Crippen molar-refractivity contribution in [2.45, 2.75) is 36.6 Å². The Hall–Kier alpha value is -3.21. The number of amides is 1. The van der Waals surface area contributed by atoms with Crippen LogP contribution in [0.4, 0.5) is 11.4 Å². The Kier molecular flexibility index (Phi) is 7.21. The molecule has 174 valence electrons. The number of anilines is 2.